The van der Waals surface area contributed by atoms with E-state index in [9.17, 15) is 9.59 Å². The molecule has 1 atom stereocenters. The lowest BCUT2D eigenvalue weighted by atomic mass is 9.91. The monoisotopic (exact) mass is 430 g/mol. The number of nitrogens with zero attached hydrogens (tertiary/aromatic N) is 2. The molecule has 162 valence electrons. The fourth-order valence-electron chi connectivity index (χ4n) is 4.42. The van der Waals surface area contributed by atoms with Crippen molar-refractivity contribution in [1.29, 1.82) is 0 Å². The number of ether oxygens (including phenoxy) is 1. The Morgan fingerprint density at radius 3 is 2.63 bits per heavy atom. The van der Waals surface area contributed by atoms with Gasteiger partial charge in [0.1, 0.15) is 11.3 Å². The Bertz CT molecular complexity index is 966. The van der Waals surface area contributed by atoms with E-state index in [2.05, 4.69) is 11.2 Å². The van der Waals surface area contributed by atoms with Gasteiger partial charge in [-0.3, -0.25) is 9.69 Å². The van der Waals surface area contributed by atoms with Crippen molar-refractivity contribution in [2.24, 2.45) is 0 Å². The van der Waals surface area contributed by atoms with E-state index in [4.69, 9.17) is 9.15 Å². The molecule has 1 amide bonds. The number of amides is 1. The molecule has 1 fully saturated rings. The van der Waals surface area contributed by atoms with Gasteiger partial charge in [0.2, 0.25) is 0 Å². The summed E-state index contributed by atoms with van der Waals surface area (Å²) in [7, 11) is 0. The molecule has 0 N–H and O–H groups in total. The molecule has 7 heteroatoms. The lowest BCUT2D eigenvalue weighted by Crippen LogP contribution is -2.52. The van der Waals surface area contributed by atoms with Crippen molar-refractivity contribution in [3.63, 3.8) is 0 Å². The largest absolute Gasteiger partial charge is 0.481 e. The quantitative estimate of drug-likeness (QED) is 0.657. The molecule has 2 aliphatic rings. The highest BCUT2D eigenvalue weighted by Gasteiger charge is 2.26. The molecule has 0 saturated carbocycles. The average Bonchev–Trinajstić information content (AvgIpc) is 2.77. The maximum absolute atomic E-state index is 12.8. The van der Waals surface area contributed by atoms with E-state index in [-0.39, 0.29) is 11.5 Å². The summed E-state index contributed by atoms with van der Waals surface area (Å²) in [6.45, 7) is 6.15. The Kier molecular flexibility index (Phi) is 6.68. The second kappa shape index (κ2) is 9.43. The van der Waals surface area contributed by atoms with E-state index in [1.54, 1.807) is 13.0 Å². The van der Waals surface area contributed by atoms with Crippen LogP contribution in [0.4, 0.5) is 0 Å². The van der Waals surface area contributed by atoms with Gasteiger partial charge in [-0.05, 0) is 56.6 Å². The minimum atomic E-state index is -0.579. The minimum absolute atomic E-state index is 0.00603. The van der Waals surface area contributed by atoms with Crippen LogP contribution >= 0.6 is 11.8 Å². The van der Waals surface area contributed by atoms with Crippen LogP contribution in [0.25, 0.3) is 11.0 Å². The van der Waals surface area contributed by atoms with Crippen molar-refractivity contribution in [2.75, 3.05) is 44.7 Å². The zero-order chi connectivity index (χ0) is 21.1. The maximum atomic E-state index is 12.8. The molecule has 1 aromatic heterocycles. The third-order valence-electron chi connectivity index (χ3n) is 6.15. The van der Waals surface area contributed by atoms with Gasteiger partial charge in [0.05, 0.1) is 0 Å². The molecule has 0 bridgehead atoms. The molecule has 6 nitrogen and oxygen atoms in total. The van der Waals surface area contributed by atoms with Crippen LogP contribution in [-0.2, 0) is 17.6 Å². The highest BCUT2D eigenvalue weighted by molar-refractivity contribution is 7.98. The number of aryl methyl sites for hydroxylation is 1. The van der Waals surface area contributed by atoms with Gasteiger partial charge in [0, 0.05) is 55.5 Å². The minimum Gasteiger partial charge on any atom is -0.481 e. The number of thioether (sulfide) groups is 1. The number of rotatable bonds is 6. The van der Waals surface area contributed by atoms with Gasteiger partial charge in [-0.15, -0.1) is 0 Å². The second-order valence-corrected chi connectivity index (χ2v) is 9.12. The van der Waals surface area contributed by atoms with Crippen molar-refractivity contribution >= 4 is 28.6 Å². The fourth-order valence-corrected chi connectivity index (χ4v) is 4.86. The van der Waals surface area contributed by atoms with Crippen LogP contribution in [0.3, 0.4) is 0 Å². The molecule has 1 saturated heterocycles. The lowest BCUT2D eigenvalue weighted by Gasteiger charge is -2.35. The number of hydrogen-bond donors (Lipinski definition) is 0. The van der Waals surface area contributed by atoms with Crippen LogP contribution < -0.4 is 10.4 Å². The molecule has 30 heavy (non-hydrogen) atoms. The number of benzene rings is 1. The van der Waals surface area contributed by atoms with Crippen LogP contribution in [0, 0.1) is 0 Å². The first kappa shape index (κ1) is 21.2. The van der Waals surface area contributed by atoms with Crippen molar-refractivity contribution in [1.82, 2.24) is 9.80 Å². The van der Waals surface area contributed by atoms with E-state index in [1.165, 1.54) is 0 Å². The van der Waals surface area contributed by atoms with Gasteiger partial charge >= 0.3 is 5.63 Å². The van der Waals surface area contributed by atoms with Gasteiger partial charge in [0.15, 0.2) is 6.10 Å². The predicted molar refractivity (Wildman–Crippen MR) is 121 cm³/mol. The van der Waals surface area contributed by atoms with Gasteiger partial charge in [-0.25, -0.2) is 4.79 Å². The molecule has 2 aromatic rings. The molecular weight excluding hydrogens is 400 g/mol. The molecule has 2 heterocycles. The summed E-state index contributed by atoms with van der Waals surface area (Å²) in [5.41, 5.74) is 2.24. The number of carbonyl (C=O) groups excluding carboxylic acids is 1. The van der Waals surface area contributed by atoms with Gasteiger partial charge in [0.25, 0.3) is 5.91 Å². The van der Waals surface area contributed by atoms with Crippen molar-refractivity contribution in [3.8, 4) is 5.75 Å². The molecule has 0 spiro atoms. The smallest absolute Gasteiger partial charge is 0.339 e. The highest BCUT2D eigenvalue weighted by atomic mass is 32.2. The molecule has 0 radical (unpaired) electrons. The number of hydrogen-bond acceptors (Lipinski definition) is 6. The van der Waals surface area contributed by atoms with Gasteiger partial charge in [-0.2, -0.15) is 11.8 Å². The third-order valence-corrected chi connectivity index (χ3v) is 6.74. The number of carbonyl (C=O) groups is 1. The number of piperazine rings is 1. The van der Waals surface area contributed by atoms with Crippen molar-refractivity contribution in [2.45, 2.75) is 38.7 Å². The first-order valence-electron chi connectivity index (χ1n) is 10.8. The first-order chi connectivity index (χ1) is 14.6. The second-order valence-electron chi connectivity index (χ2n) is 8.13. The Labute approximate surface area is 181 Å². The zero-order valence-corrected chi connectivity index (χ0v) is 18.6. The van der Waals surface area contributed by atoms with Crippen LogP contribution in [-0.4, -0.2) is 66.5 Å². The van der Waals surface area contributed by atoms with E-state index in [1.807, 2.05) is 28.8 Å². The van der Waals surface area contributed by atoms with E-state index in [0.717, 1.165) is 80.7 Å². The van der Waals surface area contributed by atoms with E-state index in [0.29, 0.717) is 11.3 Å². The molecule has 1 aliphatic heterocycles. The van der Waals surface area contributed by atoms with E-state index < -0.39 is 6.10 Å². The topological polar surface area (TPSA) is 63.0 Å². The SMILES string of the molecule is CSCCN1CCN(C(=O)C(C)Oc2ccc3c4c(c(=O)oc3c2)CCCC4)CC1. The van der Waals surface area contributed by atoms with Crippen LogP contribution in [0.15, 0.2) is 27.4 Å². The lowest BCUT2D eigenvalue weighted by molar-refractivity contribution is -0.139. The van der Waals surface area contributed by atoms with Crippen molar-refractivity contribution in [3.05, 3.63) is 39.7 Å². The molecular formula is C23H30N2O4S. The van der Waals surface area contributed by atoms with Crippen molar-refractivity contribution < 1.29 is 13.9 Å². The van der Waals surface area contributed by atoms with Crippen LogP contribution in [0.1, 0.15) is 30.9 Å². The summed E-state index contributed by atoms with van der Waals surface area (Å²) in [5.74, 6) is 1.68. The number of fused-ring (bicyclic) bond motifs is 3. The fraction of sp³-hybridized carbons (Fsp3) is 0.565. The Morgan fingerprint density at radius 1 is 1.17 bits per heavy atom. The predicted octanol–water partition coefficient (Wildman–Crippen LogP) is 2.95. The Hall–Kier alpha value is -1.99. The summed E-state index contributed by atoms with van der Waals surface area (Å²) in [6, 6.07) is 5.58. The van der Waals surface area contributed by atoms with Gasteiger partial charge < -0.3 is 14.1 Å². The Morgan fingerprint density at radius 2 is 1.90 bits per heavy atom. The highest BCUT2D eigenvalue weighted by Crippen LogP contribution is 2.29. The third kappa shape index (κ3) is 4.52. The van der Waals surface area contributed by atoms with E-state index >= 15 is 0 Å². The van der Waals surface area contributed by atoms with Gasteiger partial charge in [-0.1, -0.05) is 0 Å². The first-order valence-corrected chi connectivity index (χ1v) is 12.2. The van der Waals surface area contributed by atoms with Crippen LogP contribution in [0.5, 0.6) is 5.75 Å². The molecule has 1 unspecified atom stereocenters. The Balaban J connectivity index is 1.42. The summed E-state index contributed by atoms with van der Waals surface area (Å²) in [5, 5.41) is 0.983. The maximum Gasteiger partial charge on any atom is 0.339 e. The summed E-state index contributed by atoms with van der Waals surface area (Å²) >= 11 is 1.85. The summed E-state index contributed by atoms with van der Waals surface area (Å²) < 4.78 is 11.5. The summed E-state index contributed by atoms with van der Waals surface area (Å²) in [6.07, 6.45) is 5.38. The average molecular weight is 431 g/mol. The van der Waals surface area contributed by atoms with Crippen LogP contribution in [0.2, 0.25) is 0 Å². The molecule has 1 aliphatic carbocycles. The standard InChI is InChI=1S/C23H30N2O4S/c1-16(22(26)25-11-9-24(10-12-25)13-14-30-2)28-17-7-8-19-18-5-3-4-6-20(18)23(27)29-21(19)15-17/h7-8,15-16H,3-6,9-14H2,1-2H3. The normalized spacial score (nSPS) is 18.3. The summed E-state index contributed by atoms with van der Waals surface area (Å²) in [4.78, 5) is 29.5. The zero-order valence-electron chi connectivity index (χ0n) is 17.8. The molecule has 4 rings (SSSR count). The molecule has 1 aromatic carbocycles.